The third-order valence-corrected chi connectivity index (χ3v) is 4.26. The normalized spacial score (nSPS) is 11.7. The van der Waals surface area contributed by atoms with Crippen molar-refractivity contribution in [3.05, 3.63) is 42.0 Å². The average molecular weight is 295 g/mol. The molecule has 0 aliphatic carbocycles. The van der Waals surface area contributed by atoms with Gasteiger partial charge in [-0.1, -0.05) is 0 Å². The van der Waals surface area contributed by atoms with Crippen LogP contribution >= 0.6 is 0 Å². The molecule has 2 heterocycles. The van der Waals surface area contributed by atoms with Gasteiger partial charge in [0.1, 0.15) is 0 Å². The second-order valence-electron chi connectivity index (χ2n) is 4.20. The standard InChI is InChI=1S/C12H17N5O2S/c1-2-17-9-12(6-11(17)7-13)20(18,19)15-8-10-4-3-5-14-16-10/h3-6,9,15H,2,7-8,13H2,1H3. The predicted octanol–water partition coefficient (Wildman–Crippen LogP) is 0.235. The second-order valence-corrected chi connectivity index (χ2v) is 5.96. The highest BCUT2D eigenvalue weighted by atomic mass is 32.2. The predicted molar refractivity (Wildman–Crippen MR) is 74.1 cm³/mol. The van der Waals surface area contributed by atoms with E-state index in [9.17, 15) is 8.42 Å². The lowest BCUT2D eigenvalue weighted by Crippen LogP contribution is -2.23. The van der Waals surface area contributed by atoms with E-state index >= 15 is 0 Å². The monoisotopic (exact) mass is 295 g/mol. The third kappa shape index (κ3) is 3.21. The van der Waals surface area contributed by atoms with Crippen LogP contribution in [0.15, 0.2) is 35.5 Å². The molecule has 108 valence electrons. The molecule has 0 radical (unpaired) electrons. The third-order valence-electron chi connectivity index (χ3n) is 2.89. The van der Waals surface area contributed by atoms with Gasteiger partial charge < -0.3 is 10.3 Å². The van der Waals surface area contributed by atoms with Crippen LogP contribution in [-0.4, -0.2) is 23.2 Å². The minimum absolute atomic E-state index is 0.103. The van der Waals surface area contributed by atoms with Crippen molar-refractivity contribution in [2.24, 2.45) is 5.73 Å². The Morgan fingerprint density at radius 1 is 1.45 bits per heavy atom. The molecule has 0 amide bonds. The molecule has 2 aromatic rings. The molecule has 2 aromatic heterocycles. The van der Waals surface area contributed by atoms with Crippen LogP contribution < -0.4 is 10.5 Å². The Morgan fingerprint density at radius 3 is 2.80 bits per heavy atom. The van der Waals surface area contributed by atoms with Gasteiger partial charge in [0.25, 0.3) is 0 Å². The van der Waals surface area contributed by atoms with Gasteiger partial charge in [0.05, 0.1) is 17.1 Å². The van der Waals surface area contributed by atoms with Crippen LogP contribution in [0.3, 0.4) is 0 Å². The van der Waals surface area contributed by atoms with Crippen LogP contribution in [-0.2, 0) is 29.7 Å². The molecule has 0 saturated carbocycles. The van der Waals surface area contributed by atoms with Gasteiger partial charge in [0.2, 0.25) is 10.0 Å². The van der Waals surface area contributed by atoms with Crippen LogP contribution in [0.1, 0.15) is 18.3 Å². The van der Waals surface area contributed by atoms with Gasteiger partial charge in [-0.2, -0.15) is 10.2 Å². The van der Waals surface area contributed by atoms with E-state index in [2.05, 4.69) is 14.9 Å². The van der Waals surface area contributed by atoms with Crippen molar-refractivity contribution in [2.45, 2.75) is 31.5 Å². The van der Waals surface area contributed by atoms with E-state index < -0.39 is 10.0 Å². The van der Waals surface area contributed by atoms with Gasteiger partial charge in [-0.15, -0.1) is 0 Å². The molecule has 0 aromatic carbocycles. The van der Waals surface area contributed by atoms with Crippen molar-refractivity contribution in [1.82, 2.24) is 19.5 Å². The molecule has 2 rings (SSSR count). The molecule has 7 nitrogen and oxygen atoms in total. The Morgan fingerprint density at radius 2 is 2.25 bits per heavy atom. The van der Waals surface area contributed by atoms with Crippen molar-refractivity contribution in [3.63, 3.8) is 0 Å². The number of nitrogens with zero attached hydrogens (tertiary/aromatic N) is 3. The number of sulfonamides is 1. The summed E-state index contributed by atoms with van der Waals surface area (Å²) in [6, 6.07) is 5.00. The Bertz CT molecular complexity index is 645. The minimum Gasteiger partial charge on any atom is -0.349 e. The Kier molecular flexibility index (Phi) is 4.48. The number of nitrogens with one attached hydrogen (secondary N) is 1. The summed E-state index contributed by atoms with van der Waals surface area (Å²) in [5, 5.41) is 7.53. The summed E-state index contributed by atoms with van der Waals surface area (Å²) in [6.45, 7) is 3.01. The molecule has 3 N–H and O–H groups in total. The Hall–Kier alpha value is -1.77. The van der Waals surface area contributed by atoms with Gasteiger partial charge in [-0.05, 0) is 25.1 Å². The van der Waals surface area contributed by atoms with Gasteiger partial charge in [-0.25, -0.2) is 13.1 Å². The summed E-state index contributed by atoms with van der Waals surface area (Å²) in [7, 11) is -3.57. The van der Waals surface area contributed by atoms with Gasteiger partial charge in [-0.3, -0.25) is 0 Å². The summed E-state index contributed by atoms with van der Waals surface area (Å²) in [5.41, 5.74) is 6.94. The first-order chi connectivity index (χ1) is 9.56. The number of aryl methyl sites for hydroxylation is 1. The maximum Gasteiger partial charge on any atom is 0.242 e. The van der Waals surface area contributed by atoms with E-state index in [0.29, 0.717) is 18.8 Å². The van der Waals surface area contributed by atoms with Crippen LogP contribution in [0.25, 0.3) is 0 Å². The van der Waals surface area contributed by atoms with Crippen molar-refractivity contribution in [3.8, 4) is 0 Å². The summed E-state index contributed by atoms with van der Waals surface area (Å²) in [5.74, 6) is 0. The Labute approximate surface area is 117 Å². The van der Waals surface area contributed by atoms with Gasteiger partial charge in [0.15, 0.2) is 0 Å². The van der Waals surface area contributed by atoms with Crippen LogP contribution in [0.2, 0.25) is 0 Å². The van der Waals surface area contributed by atoms with E-state index in [-0.39, 0.29) is 11.4 Å². The quantitative estimate of drug-likeness (QED) is 0.794. The molecule has 0 aliphatic rings. The molecule has 0 unspecified atom stereocenters. The zero-order chi connectivity index (χ0) is 14.6. The molecule has 0 atom stereocenters. The summed E-state index contributed by atoms with van der Waals surface area (Å²) in [4.78, 5) is 0.212. The van der Waals surface area contributed by atoms with E-state index in [1.54, 1.807) is 24.4 Å². The average Bonchev–Trinajstić information content (AvgIpc) is 2.90. The number of nitrogens with two attached hydrogens (primary N) is 1. The molecule has 0 bridgehead atoms. The molecular weight excluding hydrogens is 278 g/mol. The maximum absolute atomic E-state index is 12.2. The Balaban J connectivity index is 2.16. The SMILES string of the molecule is CCn1cc(S(=O)(=O)NCc2cccnn2)cc1CN. The molecule has 0 saturated heterocycles. The van der Waals surface area contributed by atoms with Crippen LogP contribution in [0.4, 0.5) is 0 Å². The fraction of sp³-hybridized carbons (Fsp3) is 0.333. The highest BCUT2D eigenvalue weighted by Crippen LogP contribution is 2.14. The van der Waals surface area contributed by atoms with Gasteiger partial charge in [0, 0.05) is 31.2 Å². The highest BCUT2D eigenvalue weighted by molar-refractivity contribution is 7.89. The lowest BCUT2D eigenvalue weighted by molar-refractivity contribution is 0.579. The zero-order valence-corrected chi connectivity index (χ0v) is 12.0. The first-order valence-corrected chi connectivity index (χ1v) is 7.70. The molecule has 0 spiro atoms. The van der Waals surface area contributed by atoms with Crippen molar-refractivity contribution < 1.29 is 8.42 Å². The minimum atomic E-state index is -3.57. The smallest absolute Gasteiger partial charge is 0.242 e. The lowest BCUT2D eigenvalue weighted by atomic mass is 10.4. The highest BCUT2D eigenvalue weighted by Gasteiger charge is 2.17. The number of hydrogen-bond donors (Lipinski definition) is 2. The molecular formula is C12H17N5O2S. The summed E-state index contributed by atoms with van der Waals surface area (Å²) in [6.07, 6.45) is 3.12. The van der Waals surface area contributed by atoms with E-state index in [0.717, 1.165) is 5.69 Å². The first kappa shape index (κ1) is 14.6. The van der Waals surface area contributed by atoms with Crippen LogP contribution in [0, 0.1) is 0 Å². The second kappa shape index (κ2) is 6.12. The molecule has 0 aliphatic heterocycles. The molecule has 8 heteroatoms. The zero-order valence-electron chi connectivity index (χ0n) is 11.2. The summed E-state index contributed by atoms with van der Waals surface area (Å²) >= 11 is 0. The largest absolute Gasteiger partial charge is 0.349 e. The molecule has 20 heavy (non-hydrogen) atoms. The number of hydrogen-bond acceptors (Lipinski definition) is 5. The van der Waals surface area contributed by atoms with Gasteiger partial charge >= 0.3 is 0 Å². The molecule has 0 fully saturated rings. The lowest BCUT2D eigenvalue weighted by Gasteiger charge is -2.03. The first-order valence-electron chi connectivity index (χ1n) is 6.22. The topological polar surface area (TPSA) is 103 Å². The number of rotatable bonds is 6. The van der Waals surface area contributed by atoms with E-state index in [4.69, 9.17) is 5.73 Å². The van der Waals surface area contributed by atoms with E-state index in [1.165, 1.54) is 6.20 Å². The van der Waals surface area contributed by atoms with Crippen LogP contribution in [0.5, 0.6) is 0 Å². The van der Waals surface area contributed by atoms with E-state index in [1.807, 2.05) is 11.5 Å². The van der Waals surface area contributed by atoms with Crippen molar-refractivity contribution in [1.29, 1.82) is 0 Å². The fourth-order valence-electron chi connectivity index (χ4n) is 1.82. The van der Waals surface area contributed by atoms with Crippen molar-refractivity contribution >= 4 is 10.0 Å². The summed E-state index contributed by atoms with van der Waals surface area (Å²) < 4.78 is 28.7. The fourth-order valence-corrected chi connectivity index (χ4v) is 2.88. The number of aromatic nitrogens is 3. The maximum atomic E-state index is 12.2. The van der Waals surface area contributed by atoms with Crippen molar-refractivity contribution in [2.75, 3.05) is 0 Å².